The standard InChI is InChI=1S/C26H27N5O3S/c1-18-9-11-22(19(2)13-18)31-26(28-29-30-31)35-17-25(32)27-15-21-10-12-23(24(14-21)33-3)34-16-20-7-5-4-6-8-20/h4-14H,15-17H2,1-3H3,(H,27,32). The molecule has 0 unspecified atom stereocenters. The highest BCUT2D eigenvalue weighted by atomic mass is 32.2. The van der Waals surface area contributed by atoms with Crippen LogP contribution in [0.5, 0.6) is 11.5 Å². The maximum absolute atomic E-state index is 12.5. The van der Waals surface area contributed by atoms with Crippen LogP contribution in [0.3, 0.4) is 0 Å². The van der Waals surface area contributed by atoms with Gasteiger partial charge in [-0.15, -0.1) is 5.10 Å². The van der Waals surface area contributed by atoms with E-state index in [2.05, 4.69) is 26.9 Å². The molecule has 4 rings (SSSR count). The fourth-order valence-corrected chi connectivity index (χ4v) is 4.24. The average molecular weight is 490 g/mol. The van der Waals surface area contributed by atoms with Gasteiger partial charge in [0, 0.05) is 6.54 Å². The Kier molecular flexibility index (Phi) is 7.99. The molecule has 9 heteroatoms. The summed E-state index contributed by atoms with van der Waals surface area (Å²) in [6.45, 7) is 4.87. The first-order valence-electron chi connectivity index (χ1n) is 11.1. The van der Waals surface area contributed by atoms with Crippen molar-refractivity contribution in [2.75, 3.05) is 12.9 Å². The minimum absolute atomic E-state index is 0.117. The van der Waals surface area contributed by atoms with Gasteiger partial charge in [0.2, 0.25) is 11.1 Å². The number of nitrogens with one attached hydrogen (secondary N) is 1. The molecule has 0 fully saturated rings. The average Bonchev–Trinajstić information content (AvgIpc) is 3.34. The van der Waals surface area contributed by atoms with Gasteiger partial charge in [0.1, 0.15) is 6.61 Å². The summed E-state index contributed by atoms with van der Waals surface area (Å²) >= 11 is 1.29. The SMILES string of the molecule is COc1cc(CNC(=O)CSc2nnnn2-c2ccc(C)cc2C)ccc1OCc1ccccc1. The Balaban J connectivity index is 1.31. The number of carbonyl (C=O) groups excluding carboxylic acids is 1. The highest BCUT2D eigenvalue weighted by molar-refractivity contribution is 7.99. The summed E-state index contributed by atoms with van der Waals surface area (Å²) in [4.78, 5) is 12.5. The van der Waals surface area contributed by atoms with E-state index >= 15 is 0 Å². The zero-order chi connectivity index (χ0) is 24.6. The Hall–Kier alpha value is -3.85. The second-order valence-corrected chi connectivity index (χ2v) is 8.93. The first-order chi connectivity index (χ1) is 17.0. The van der Waals surface area contributed by atoms with E-state index in [0.717, 1.165) is 22.4 Å². The lowest BCUT2D eigenvalue weighted by atomic mass is 10.1. The van der Waals surface area contributed by atoms with Gasteiger partial charge in [-0.25, -0.2) is 0 Å². The van der Waals surface area contributed by atoms with Crippen LogP contribution >= 0.6 is 11.8 Å². The summed E-state index contributed by atoms with van der Waals surface area (Å²) in [5.41, 5.74) is 5.11. The zero-order valence-corrected chi connectivity index (χ0v) is 20.7. The number of hydrogen-bond donors (Lipinski definition) is 1. The summed E-state index contributed by atoms with van der Waals surface area (Å²) in [6, 6.07) is 21.6. The number of hydrogen-bond acceptors (Lipinski definition) is 7. The molecule has 180 valence electrons. The largest absolute Gasteiger partial charge is 0.493 e. The highest BCUT2D eigenvalue weighted by Crippen LogP contribution is 2.29. The lowest BCUT2D eigenvalue weighted by Gasteiger charge is -2.13. The van der Waals surface area contributed by atoms with Gasteiger partial charge in [-0.2, -0.15) is 4.68 Å². The van der Waals surface area contributed by atoms with Gasteiger partial charge >= 0.3 is 0 Å². The molecule has 3 aromatic carbocycles. The second kappa shape index (κ2) is 11.5. The Bertz CT molecular complexity index is 1290. The van der Waals surface area contributed by atoms with E-state index in [1.165, 1.54) is 17.3 Å². The van der Waals surface area contributed by atoms with Gasteiger partial charge in [-0.3, -0.25) is 4.79 Å². The Morgan fingerprint density at radius 3 is 2.60 bits per heavy atom. The normalized spacial score (nSPS) is 10.7. The van der Waals surface area contributed by atoms with E-state index in [1.54, 1.807) is 11.8 Å². The van der Waals surface area contributed by atoms with Crippen LogP contribution in [0, 0.1) is 13.8 Å². The van der Waals surface area contributed by atoms with Crippen molar-refractivity contribution < 1.29 is 14.3 Å². The number of nitrogens with zero attached hydrogens (tertiary/aromatic N) is 4. The molecule has 0 aliphatic carbocycles. The first-order valence-corrected chi connectivity index (χ1v) is 12.1. The number of amides is 1. The molecule has 0 atom stereocenters. The van der Waals surface area contributed by atoms with Crippen LogP contribution in [0.2, 0.25) is 0 Å². The molecule has 1 N–H and O–H groups in total. The van der Waals surface area contributed by atoms with Crippen LogP contribution in [0.15, 0.2) is 71.9 Å². The molecule has 1 heterocycles. The molecule has 0 saturated heterocycles. The van der Waals surface area contributed by atoms with Crippen LogP contribution in [-0.2, 0) is 17.9 Å². The molecule has 4 aromatic rings. The van der Waals surface area contributed by atoms with Gasteiger partial charge in [0.15, 0.2) is 11.5 Å². The monoisotopic (exact) mass is 489 g/mol. The molecule has 1 amide bonds. The van der Waals surface area contributed by atoms with E-state index in [1.807, 2.05) is 74.5 Å². The van der Waals surface area contributed by atoms with Crippen molar-refractivity contribution >= 4 is 17.7 Å². The number of rotatable bonds is 10. The van der Waals surface area contributed by atoms with Gasteiger partial charge in [0.05, 0.1) is 18.6 Å². The second-order valence-electron chi connectivity index (χ2n) is 7.99. The number of benzene rings is 3. The third-order valence-electron chi connectivity index (χ3n) is 5.31. The molecule has 0 aliphatic heterocycles. The zero-order valence-electron chi connectivity index (χ0n) is 19.9. The molecule has 8 nitrogen and oxygen atoms in total. The van der Waals surface area contributed by atoms with Crippen molar-refractivity contribution in [1.82, 2.24) is 25.5 Å². The van der Waals surface area contributed by atoms with Gasteiger partial charge in [-0.05, 0) is 59.2 Å². The smallest absolute Gasteiger partial charge is 0.230 e. The Morgan fingerprint density at radius 1 is 1.00 bits per heavy atom. The van der Waals surface area contributed by atoms with Crippen molar-refractivity contribution in [3.63, 3.8) is 0 Å². The third kappa shape index (κ3) is 6.39. The summed E-state index contributed by atoms with van der Waals surface area (Å²) in [5, 5.41) is 15.4. The third-order valence-corrected chi connectivity index (χ3v) is 6.23. The molecule has 0 saturated carbocycles. The van der Waals surface area contributed by atoms with E-state index in [9.17, 15) is 4.79 Å². The predicted octanol–water partition coefficient (Wildman–Crippen LogP) is 4.28. The van der Waals surface area contributed by atoms with E-state index in [0.29, 0.717) is 29.8 Å². The fourth-order valence-electron chi connectivity index (χ4n) is 3.52. The maximum atomic E-state index is 12.5. The number of carbonyl (C=O) groups is 1. The molecule has 0 aliphatic rings. The molecular weight excluding hydrogens is 462 g/mol. The number of thioether (sulfide) groups is 1. The van der Waals surface area contributed by atoms with Gasteiger partial charge in [-0.1, -0.05) is 65.9 Å². The van der Waals surface area contributed by atoms with Crippen molar-refractivity contribution in [2.24, 2.45) is 0 Å². The first kappa shape index (κ1) is 24.3. The summed E-state index contributed by atoms with van der Waals surface area (Å²) < 4.78 is 13.0. The topological polar surface area (TPSA) is 91.2 Å². The molecule has 1 aromatic heterocycles. The van der Waals surface area contributed by atoms with Crippen molar-refractivity contribution in [3.05, 3.63) is 89.0 Å². The van der Waals surface area contributed by atoms with Crippen LogP contribution in [0.4, 0.5) is 0 Å². The van der Waals surface area contributed by atoms with Crippen LogP contribution in [0.25, 0.3) is 5.69 Å². The fraction of sp³-hybridized carbons (Fsp3) is 0.231. The summed E-state index contributed by atoms with van der Waals surface area (Å²) in [5.74, 6) is 1.35. The minimum atomic E-state index is -0.117. The number of ether oxygens (including phenoxy) is 2. The van der Waals surface area contributed by atoms with Crippen molar-refractivity contribution in [1.29, 1.82) is 0 Å². The number of methoxy groups -OCH3 is 1. The Labute approximate surface area is 208 Å². The quantitative estimate of drug-likeness (QED) is 0.333. The summed E-state index contributed by atoms with van der Waals surface area (Å²) in [7, 11) is 1.60. The molecular formula is C26H27N5O3S. The summed E-state index contributed by atoms with van der Waals surface area (Å²) in [6.07, 6.45) is 0. The highest BCUT2D eigenvalue weighted by Gasteiger charge is 2.14. The minimum Gasteiger partial charge on any atom is -0.493 e. The number of aryl methyl sites for hydroxylation is 2. The van der Waals surface area contributed by atoms with Crippen LogP contribution < -0.4 is 14.8 Å². The van der Waals surface area contributed by atoms with E-state index in [4.69, 9.17) is 9.47 Å². The molecule has 0 radical (unpaired) electrons. The van der Waals surface area contributed by atoms with Gasteiger partial charge in [0.25, 0.3) is 0 Å². The van der Waals surface area contributed by atoms with Crippen LogP contribution in [-0.4, -0.2) is 39.0 Å². The maximum Gasteiger partial charge on any atom is 0.230 e. The van der Waals surface area contributed by atoms with E-state index < -0.39 is 0 Å². The molecule has 35 heavy (non-hydrogen) atoms. The van der Waals surface area contributed by atoms with Crippen molar-refractivity contribution in [2.45, 2.75) is 32.2 Å². The number of tetrazole rings is 1. The van der Waals surface area contributed by atoms with Crippen LogP contribution in [0.1, 0.15) is 22.3 Å². The Morgan fingerprint density at radius 2 is 1.83 bits per heavy atom. The van der Waals surface area contributed by atoms with Gasteiger partial charge < -0.3 is 14.8 Å². The van der Waals surface area contributed by atoms with E-state index in [-0.39, 0.29) is 11.7 Å². The molecule has 0 bridgehead atoms. The van der Waals surface area contributed by atoms with Crippen molar-refractivity contribution in [3.8, 4) is 17.2 Å². The predicted molar refractivity (Wildman–Crippen MR) is 135 cm³/mol. The number of aromatic nitrogens is 4. The lowest BCUT2D eigenvalue weighted by molar-refractivity contribution is -0.118. The molecule has 0 spiro atoms. The lowest BCUT2D eigenvalue weighted by Crippen LogP contribution is -2.24.